The summed E-state index contributed by atoms with van der Waals surface area (Å²) in [5.41, 5.74) is 1.88. The minimum absolute atomic E-state index is 0.221. The highest BCUT2D eigenvalue weighted by Crippen LogP contribution is 2.28. The molecule has 1 heterocycles. The van der Waals surface area contributed by atoms with Crippen molar-refractivity contribution in [2.75, 3.05) is 0 Å². The summed E-state index contributed by atoms with van der Waals surface area (Å²) in [5.74, 6) is 0. The van der Waals surface area contributed by atoms with Gasteiger partial charge in [0.1, 0.15) is 0 Å². The van der Waals surface area contributed by atoms with Gasteiger partial charge in [-0.25, -0.2) is 0 Å². The van der Waals surface area contributed by atoms with E-state index >= 15 is 0 Å². The van der Waals surface area contributed by atoms with Gasteiger partial charge in [0.15, 0.2) is 0 Å². The van der Waals surface area contributed by atoms with Crippen LogP contribution in [0.3, 0.4) is 0 Å². The summed E-state index contributed by atoms with van der Waals surface area (Å²) < 4.78 is 0. The fourth-order valence-electron chi connectivity index (χ4n) is 3.95. The lowest BCUT2D eigenvalue weighted by Crippen LogP contribution is -2.62. The summed E-state index contributed by atoms with van der Waals surface area (Å²) in [7, 11) is 0. The molecule has 2 nitrogen and oxygen atoms in total. The summed E-state index contributed by atoms with van der Waals surface area (Å²) in [4.78, 5) is 0. The van der Waals surface area contributed by atoms with Gasteiger partial charge in [-0.2, -0.15) is 0 Å². The van der Waals surface area contributed by atoms with Crippen molar-refractivity contribution < 1.29 is 0 Å². The molecule has 1 aliphatic rings. The van der Waals surface area contributed by atoms with E-state index in [-0.39, 0.29) is 11.1 Å². The zero-order valence-corrected chi connectivity index (χ0v) is 14.4. The molecule has 1 unspecified atom stereocenters. The van der Waals surface area contributed by atoms with Gasteiger partial charge in [-0.05, 0) is 65.9 Å². The first-order valence-corrected chi connectivity index (χ1v) is 8.35. The molecule has 0 amide bonds. The fourth-order valence-corrected chi connectivity index (χ4v) is 3.95. The molecular weight excluding hydrogens is 256 g/mol. The van der Waals surface area contributed by atoms with Crippen LogP contribution in [0, 0.1) is 0 Å². The van der Waals surface area contributed by atoms with Crippen LogP contribution in [0.15, 0.2) is 30.3 Å². The topological polar surface area (TPSA) is 24.1 Å². The van der Waals surface area contributed by atoms with Crippen molar-refractivity contribution in [3.63, 3.8) is 0 Å². The van der Waals surface area contributed by atoms with Crippen LogP contribution in [0.5, 0.6) is 0 Å². The average Bonchev–Trinajstić information content (AvgIpc) is 2.33. The molecule has 1 aliphatic heterocycles. The van der Waals surface area contributed by atoms with Gasteiger partial charge >= 0.3 is 0 Å². The Balaban J connectivity index is 1.83. The third-order valence-corrected chi connectivity index (χ3v) is 4.42. The maximum atomic E-state index is 3.86. The molecule has 0 radical (unpaired) electrons. The minimum atomic E-state index is 0.221. The number of aryl methyl sites for hydroxylation is 1. The van der Waals surface area contributed by atoms with Gasteiger partial charge in [-0.1, -0.05) is 30.3 Å². The number of piperidine rings is 1. The van der Waals surface area contributed by atoms with E-state index in [4.69, 9.17) is 0 Å². The Morgan fingerprint density at radius 3 is 2.24 bits per heavy atom. The molecule has 0 aromatic heterocycles. The third-order valence-electron chi connectivity index (χ3n) is 4.42. The first-order valence-electron chi connectivity index (χ1n) is 8.35. The SMILES string of the molecule is CC(CCc1ccccc1)NC1CC(C)(C)NC(C)(C)C1. The summed E-state index contributed by atoms with van der Waals surface area (Å²) in [6, 6.07) is 12.0. The van der Waals surface area contributed by atoms with Crippen LogP contribution in [0.1, 0.15) is 59.4 Å². The number of hydrogen-bond donors (Lipinski definition) is 2. The van der Waals surface area contributed by atoms with E-state index in [1.165, 1.54) is 24.8 Å². The number of rotatable bonds is 5. The monoisotopic (exact) mass is 288 g/mol. The van der Waals surface area contributed by atoms with Crippen LogP contribution in [-0.4, -0.2) is 23.2 Å². The van der Waals surface area contributed by atoms with E-state index in [0.29, 0.717) is 12.1 Å². The number of benzene rings is 1. The van der Waals surface area contributed by atoms with E-state index in [9.17, 15) is 0 Å². The molecule has 2 rings (SSSR count). The van der Waals surface area contributed by atoms with Gasteiger partial charge in [0, 0.05) is 23.2 Å². The third kappa shape index (κ3) is 5.44. The van der Waals surface area contributed by atoms with Gasteiger partial charge in [0.05, 0.1) is 0 Å². The second-order valence-electron chi connectivity index (χ2n) is 8.09. The molecule has 118 valence electrons. The minimum Gasteiger partial charge on any atom is -0.311 e. The van der Waals surface area contributed by atoms with Crippen molar-refractivity contribution in [2.24, 2.45) is 0 Å². The second kappa shape index (κ2) is 6.50. The molecule has 1 atom stereocenters. The summed E-state index contributed by atoms with van der Waals surface area (Å²) in [6.07, 6.45) is 4.76. The zero-order valence-electron chi connectivity index (χ0n) is 14.4. The van der Waals surface area contributed by atoms with Crippen molar-refractivity contribution in [1.82, 2.24) is 10.6 Å². The van der Waals surface area contributed by atoms with Crippen molar-refractivity contribution in [1.29, 1.82) is 0 Å². The standard InChI is InChI=1S/C19H32N2/c1-15(11-12-16-9-7-6-8-10-16)20-17-13-18(2,3)21-19(4,5)14-17/h6-10,15,17,20-21H,11-14H2,1-5H3. The van der Waals surface area contributed by atoms with Crippen molar-refractivity contribution in [3.8, 4) is 0 Å². The van der Waals surface area contributed by atoms with Gasteiger partial charge < -0.3 is 10.6 Å². The first-order chi connectivity index (χ1) is 9.76. The molecular formula is C19H32N2. The molecule has 0 bridgehead atoms. The lowest BCUT2D eigenvalue weighted by atomic mass is 9.79. The van der Waals surface area contributed by atoms with Crippen molar-refractivity contribution >= 4 is 0 Å². The molecule has 1 saturated heterocycles. The van der Waals surface area contributed by atoms with Gasteiger partial charge in [-0.3, -0.25) is 0 Å². The Morgan fingerprint density at radius 1 is 1.10 bits per heavy atom. The molecule has 2 heteroatoms. The molecule has 1 aromatic carbocycles. The van der Waals surface area contributed by atoms with E-state index < -0.39 is 0 Å². The van der Waals surface area contributed by atoms with Crippen molar-refractivity contribution in [2.45, 2.75) is 83.5 Å². The van der Waals surface area contributed by atoms with Gasteiger partial charge in [-0.15, -0.1) is 0 Å². The fraction of sp³-hybridized carbons (Fsp3) is 0.684. The lowest BCUT2D eigenvalue weighted by molar-refractivity contribution is 0.140. The summed E-state index contributed by atoms with van der Waals surface area (Å²) in [5, 5.41) is 7.61. The molecule has 0 spiro atoms. The van der Waals surface area contributed by atoms with Crippen LogP contribution in [0.4, 0.5) is 0 Å². The Kier molecular flexibility index (Phi) is 5.11. The van der Waals surface area contributed by atoms with E-state index in [2.05, 4.69) is 75.6 Å². The molecule has 0 aliphatic carbocycles. The maximum Gasteiger partial charge on any atom is 0.0144 e. The number of nitrogens with one attached hydrogen (secondary N) is 2. The molecule has 1 aromatic rings. The normalized spacial score (nSPS) is 22.9. The first kappa shape index (κ1) is 16.5. The van der Waals surface area contributed by atoms with Gasteiger partial charge in [0.2, 0.25) is 0 Å². The van der Waals surface area contributed by atoms with Crippen LogP contribution >= 0.6 is 0 Å². The Bertz CT molecular complexity index is 420. The molecule has 2 N–H and O–H groups in total. The predicted octanol–water partition coefficient (Wildman–Crippen LogP) is 3.91. The van der Waals surface area contributed by atoms with Crippen LogP contribution < -0.4 is 10.6 Å². The summed E-state index contributed by atoms with van der Waals surface area (Å²) >= 11 is 0. The smallest absolute Gasteiger partial charge is 0.0144 e. The highest BCUT2D eigenvalue weighted by atomic mass is 15.1. The predicted molar refractivity (Wildman–Crippen MR) is 91.7 cm³/mol. The van der Waals surface area contributed by atoms with E-state index in [1.54, 1.807) is 0 Å². The highest BCUT2D eigenvalue weighted by Gasteiger charge is 2.37. The van der Waals surface area contributed by atoms with Crippen LogP contribution in [0.25, 0.3) is 0 Å². The maximum absolute atomic E-state index is 3.86. The van der Waals surface area contributed by atoms with E-state index in [0.717, 1.165) is 6.42 Å². The Hall–Kier alpha value is -0.860. The van der Waals surface area contributed by atoms with E-state index in [1.807, 2.05) is 0 Å². The Labute approximate surface area is 130 Å². The van der Waals surface area contributed by atoms with Crippen molar-refractivity contribution in [3.05, 3.63) is 35.9 Å². The number of hydrogen-bond acceptors (Lipinski definition) is 2. The lowest BCUT2D eigenvalue weighted by Gasteiger charge is -2.47. The van der Waals surface area contributed by atoms with Crippen LogP contribution in [-0.2, 0) is 6.42 Å². The van der Waals surface area contributed by atoms with Crippen LogP contribution in [0.2, 0.25) is 0 Å². The molecule has 21 heavy (non-hydrogen) atoms. The zero-order chi connectivity index (χ0) is 15.5. The van der Waals surface area contributed by atoms with Gasteiger partial charge in [0.25, 0.3) is 0 Å². The molecule has 1 fully saturated rings. The largest absolute Gasteiger partial charge is 0.311 e. The molecule has 0 saturated carbocycles. The quantitative estimate of drug-likeness (QED) is 0.858. The highest BCUT2D eigenvalue weighted by molar-refractivity contribution is 5.14. The Morgan fingerprint density at radius 2 is 1.67 bits per heavy atom. The second-order valence-corrected chi connectivity index (χ2v) is 8.09. The summed E-state index contributed by atoms with van der Waals surface area (Å²) in [6.45, 7) is 11.6. The average molecular weight is 288 g/mol.